The van der Waals surface area contributed by atoms with Gasteiger partial charge in [-0.2, -0.15) is 0 Å². The molecule has 1 aromatic rings. The van der Waals surface area contributed by atoms with Crippen LogP contribution in [0, 0.1) is 0 Å². The van der Waals surface area contributed by atoms with Crippen LogP contribution in [0.1, 0.15) is 43.5 Å². The smallest absolute Gasteiger partial charge is 0.0882 e. The molecule has 84 valence electrons. The Morgan fingerprint density at radius 1 is 1.53 bits per heavy atom. The van der Waals surface area contributed by atoms with Crippen molar-refractivity contribution in [2.24, 2.45) is 5.73 Å². The second-order valence-electron chi connectivity index (χ2n) is 4.20. The lowest BCUT2D eigenvalue weighted by atomic mass is 9.91. The fourth-order valence-electron chi connectivity index (χ4n) is 2.53. The molecule has 0 amide bonds. The minimum Gasteiger partial charge on any atom is -0.373 e. The molecule has 3 heteroatoms. The van der Waals surface area contributed by atoms with E-state index in [0.29, 0.717) is 0 Å². The number of hydrogen-bond donors (Lipinski definition) is 1. The van der Waals surface area contributed by atoms with Crippen molar-refractivity contribution in [3.8, 4) is 0 Å². The van der Waals surface area contributed by atoms with E-state index < -0.39 is 0 Å². The van der Waals surface area contributed by atoms with Crippen LogP contribution in [0.15, 0.2) is 17.5 Å². The third-order valence-corrected chi connectivity index (χ3v) is 4.25. The van der Waals surface area contributed by atoms with Gasteiger partial charge in [0.1, 0.15) is 0 Å². The molecule has 0 spiro atoms. The molecule has 1 saturated carbocycles. The molecular formula is C12H19NOS. The maximum absolute atomic E-state index is 6.35. The number of rotatable bonds is 4. The fourth-order valence-corrected chi connectivity index (χ4v) is 3.37. The summed E-state index contributed by atoms with van der Waals surface area (Å²) in [5.74, 6) is 0. The minimum atomic E-state index is -0.0837. The van der Waals surface area contributed by atoms with Gasteiger partial charge in [0.05, 0.1) is 11.6 Å². The van der Waals surface area contributed by atoms with Crippen LogP contribution in [-0.4, -0.2) is 12.2 Å². The lowest BCUT2D eigenvalue weighted by Crippen LogP contribution is -2.41. The third kappa shape index (κ3) is 2.10. The molecule has 2 N–H and O–H groups in total. The number of nitrogens with two attached hydrogens (primary N) is 1. The molecule has 2 nitrogen and oxygen atoms in total. The summed E-state index contributed by atoms with van der Waals surface area (Å²) in [5, 5.41) is 2.09. The summed E-state index contributed by atoms with van der Waals surface area (Å²) in [4.78, 5) is 1.25. The highest BCUT2D eigenvalue weighted by molar-refractivity contribution is 7.10. The van der Waals surface area contributed by atoms with E-state index in [2.05, 4.69) is 24.4 Å². The van der Waals surface area contributed by atoms with Gasteiger partial charge in [0.2, 0.25) is 0 Å². The summed E-state index contributed by atoms with van der Waals surface area (Å²) < 4.78 is 5.96. The van der Waals surface area contributed by atoms with E-state index >= 15 is 0 Å². The molecule has 0 radical (unpaired) electrons. The Morgan fingerprint density at radius 2 is 2.27 bits per heavy atom. The zero-order valence-corrected chi connectivity index (χ0v) is 10.1. The van der Waals surface area contributed by atoms with Gasteiger partial charge in [-0.25, -0.2) is 0 Å². The number of hydrogen-bond acceptors (Lipinski definition) is 3. The summed E-state index contributed by atoms with van der Waals surface area (Å²) in [6.07, 6.45) is 4.72. The summed E-state index contributed by atoms with van der Waals surface area (Å²) in [5.41, 5.74) is 6.27. The third-order valence-electron chi connectivity index (χ3n) is 3.30. The van der Waals surface area contributed by atoms with Crippen molar-refractivity contribution in [2.45, 2.75) is 44.2 Å². The molecular weight excluding hydrogens is 206 g/mol. The van der Waals surface area contributed by atoms with E-state index in [0.717, 1.165) is 19.4 Å². The maximum Gasteiger partial charge on any atom is 0.0882 e. The van der Waals surface area contributed by atoms with Crippen molar-refractivity contribution < 1.29 is 4.74 Å². The Hall–Kier alpha value is -0.380. The summed E-state index contributed by atoms with van der Waals surface area (Å²) in [6.45, 7) is 2.82. The van der Waals surface area contributed by atoms with Gasteiger partial charge in [-0.05, 0) is 31.2 Å². The largest absolute Gasteiger partial charge is 0.373 e. The van der Waals surface area contributed by atoms with Crippen LogP contribution in [-0.2, 0) is 4.74 Å². The Morgan fingerprint density at radius 3 is 2.80 bits per heavy atom. The van der Waals surface area contributed by atoms with Gasteiger partial charge in [0.25, 0.3) is 0 Å². The molecule has 2 rings (SSSR count). The molecule has 1 atom stereocenters. The zero-order valence-electron chi connectivity index (χ0n) is 9.24. The molecule has 0 aromatic carbocycles. The minimum absolute atomic E-state index is 0.0555. The van der Waals surface area contributed by atoms with Crippen molar-refractivity contribution >= 4 is 11.3 Å². The number of thiophene rings is 1. The van der Waals surface area contributed by atoms with Crippen molar-refractivity contribution in [1.82, 2.24) is 0 Å². The molecule has 1 aliphatic rings. The highest BCUT2D eigenvalue weighted by Crippen LogP contribution is 2.42. The van der Waals surface area contributed by atoms with Crippen LogP contribution in [0.2, 0.25) is 0 Å². The van der Waals surface area contributed by atoms with Gasteiger partial charge >= 0.3 is 0 Å². The quantitative estimate of drug-likeness (QED) is 0.854. The monoisotopic (exact) mass is 225 g/mol. The molecule has 1 aromatic heterocycles. The van der Waals surface area contributed by atoms with Crippen molar-refractivity contribution in [3.63, 3.8) is 0 Å². The lowest BCUT2D eigenvalue weighted by Gasteiger charge is -2.34. The van der Waals surface area contributed by atoms with Crippen LogP contribution in [0.25, 0.3) is 0 Å². The molecule has 1 unspecified atom stereocenters. The van der Waals surface area contributed by atoms with E-state index in [9.17, 15) is 0 Å². The Labute approximate surface area is 95.4 Å². The Bertz CT molecular complexity index is 291. The standard InChI is InChI=1S/C12H19NOS/c1-2-14-12(7-3-4-8-12)11(13)10-6-5-9-15-10/h5-6,9,11H,2-4,7-8,13H2,1H3. The normalized spacial score (nSPS) is 21.7. The van der Waals surface area contributed by atoms with E-state index in [1.54, 1.807) is 11.3 Å². The van der Waals surface area contributed by atoms with Gasteiger partial charge in [0.15, 0.2) is 0 Å². The lowest BCUT2D eigenvalue weighted by molar-refractivity contribution is -0.0529. The van der Waals surface area contributed by atoms with Gasteiger partial charge < -0.3 is 10.5 Å². The van der Waals surface area contributed by atoms with Gasteiger partial charge in [-0.15, -0.1) is 11.3 Å². The van der Waals surface area contributed by atoms with Gasteiger partial charge in [-0.1, -0.05) is 18.9 Å². The molecule has 1 heterocycles. The Balaban J connectivity index is 2.17. The summed E-state index contributed by atoms with van der Waals surface area (Å²) in [6, 6.07) is 4.24. The zero-order chi connectivity index (χ0) is 10.7. The summed E-state index contributed by atoms with van der Waals surface area (Å²) in [7, 11) is 0. The first-order chi connectivity index (χ1) is 7.28. The molecule has 1 aliphatic carbocycles. The molecule has 0 saturated heterocycles. The second-order valence-corrected chi connectivity index (χ2v) is 5.18. The van der Waals surface area contributed by atoms with Crippen LogP contribution in [0.4, 0.5) is 0 Å². The van der Waals surface area contributed by atoms with Crippen LogP contribution in [0.5, 0.6) is 0 Å². The predicted molar refractivity (Wildman–Crippen MR) is 64.1 cm³/mol. The topological polar surface area (TPSA) is 35.2 Å². The fraction of sp³-hybridized carbons (Fsp3) is 0.667. The predicted octanol–water partition coefficient (Wildman–Crippen LogP) is 3.10. The molecule has 1 fully saturated rings. The van der Waals surface area contributed by atoms with Crippen LogP contribution in [0.3, 0.4) is 0 Å². The van der Waals surface area contributed by atoms with E-state index in [1.165, 1.54) is 17.7 Å². The van der Waals surface area contributed by atoms with Crippen molar-refractivity contribution in [1.29, 1.82) is 0 Å². The summed E-state index contributed by atoms with van der Waals surface area (Å²) >= 11 is 1.74. The number of ether oxygens (including phenoxy) is 1. The van der Waals surface area contributed by atoms with E-state index in [1.807, 2.05) is 0 Å². The average molecular weight is 225 g/mol. The van der Waals surface area contributed by atoms with Crippen molar-refractivity contribution in [3.05, 3.63) is 22.4 Å². The first-order valence-corrected chi connectivity index (χ1v) is 6.59. The van der Waals surface area contributed by atoms with E-state index in [-0.39, 0.29) is 11.6 Å². The SMILES string of the molecule is CCOC1(C(N)c2cccs2)CCCC1. The highest BCUT2D eigenvalue weighted by Gasteiger charge is 2.41. The molecule has 0 bridgehead atoms. The van der Waals surface area contributed by atoms with E-state index in [4.69, 9.17) is 10.5 Å². The molecule has 15 heavy (non-hydrogen) atoms. The maximum atomic E-state index is 6.35. The average Bonchev–Trinajstić information content (AvgIpc) is 2.88. The van der Waals surface area contributed by atoms with Crippen molar-refractivity contribution in [2.75, 3.05) is 6.61 Å². The first-order valence-electron chi connectivity index (χ1n) is 5.71. The van der Waals surface area contributed by atoms with Gasteiger partial charge in [0, 0.05) is 11.5 Å². The van der Waals surface area contributed by atoms with Gasteiger partial charge in [-0.3, -0.25) is 0 Å². The van der Waals surface area contributed by atoms with Crippen LogP contribution < -0.4 is 5.73 Å². The highest BCUT2D eigenvalue weighted by atomic mass is 32.1. The van der Waals surface area contributed by atoms with Crippen LogP contribution >= 0.6 is 11.3 Å². The molecule has 0 aliphatic heterocycles. The Kier molecular flexibility index (Phi) is 3.44. The second kappa shape index (κ2) is 4.64. The first kappa shape index (κ1) is 11.1.